The van der Waals surface area contributed by atoms with Crippen LogP contribution < -0.4 is 14.4 Å². The lowest BCUT2D eigenvalue weighted by atomic mass is 9.91. The zero-order valence-corrected chi connectivity index (χ0v) is 16.3. The summed E-state index contributed by atoms with van der Waals surface area (Å²) >= 11 is 3.61. The molecule has 0 atom stereocenters. The number of halogens is 1. The van der Waals surface area contributed by atoms with Crippen molar-refractivity contribution in [3.8, 4) is 11.5 Å². The van der Waals surface area contributed by atoms with Crippen molar-refractivity contribution in [2.24, 2.45) is 0 Å². The van der Waals surface area contributed by atoms with Gasteiger partial charge in [0, 0.05) is 32.8 Å². The molecule has 1 N–H and O–H groups in total. The normalized spacial score (nSPS) is 13.7. The van der Waals surface area contributed by atoms with E-state index in [4.69, 9.17) is 14.9 Å². The SMILES string of the molecule is COc1c2c(c(OC)c3ccccc13)CN(c1ccccc1Br)C(=N)C2. The summed E-state index contributed by atoms with van der Waals surface area (Å²) in [5.41, 5.74) is 3.10. The maximum atomic E-state index is 8.63. The summed E-state index contributed by atoms with van der Waals surface area (Å²) in [5.74, 6) is 2.24. The highest BCUT2D eigenvalue weighted by Crippen LogP contribution is 2.44. The first kappa shape index (κ1) is 16.9. The van der Waals surface area contributed by atoms with Crippen molar-refractivity contribution in [2.45, 2.75) is 13.0 Å². The predicted molar refractivity (Wildman–Crippen MR) is 109 cm³/mol. The van der Waals surface area contributed by atoms with E-state index < -0.39 is 0 Å². The van der Waals surface area contributed by atoms with E-state index >= 15 is 0 Å². The summed E-state index contributed by atoms with van der Waals surface area (Å²) in [6, 6.07) is 16.1. The van der Waals surface area contributed by atoms with E-state index in [1.807, 2.05) is 47.4 Å². The predicted octanol–water partition coefficient (Wildman–Crippen LogP) is 5.16. The maximum absolute atomic E-state index is 8.63. The smallest absolute Gasteiger partial charge is 0.132 e. The number of ether oxygens (including phenoxy) is 2. The third-order valence-corrected chi connectivity index (χ3v) is 5.54. The average Bonchev–Trinajstić information content (AvgIpc) is 2.66. The van der Waals surface area contributed by atoms with Gasteiger partial charge in [0.05, 0.1) is 26.5 Å². The molecule has 0 radical (unpaired) electrons. The Bertz CT molecular complexity index is 1020. The fraction of sp³-hybridized carbons (Fsp3) is 0.190. The van der Waals surface area contributed by atoms with Gasteiger partial charge in [-0.1, -0.05) is 36.4 Å². The zero-order chi connectivity index (χ0) is 18.3. The number of hydrogen-bond donors (Lipinski definition) is 1. The van der Waals surface area contributed by atoms with Crippen molar-refractivity contribution in [2.75, 3.05) is 19.1 Å². The molecule has 1 heterocycles. The lowest BCUT2D eigenvalue weighted by molar-refractivity contribution is 0.402. The topological polar surface area (TPSA) is 45.6 Å². The Hall–Kier alpha value is -2.53. The molecule has 4 nitrogen and oxygen atoms in total. The molecule has 0 aromatic heterocycles. The molecule has 1 aliphatic rings. The highest BCUT2D eigenvalue weighted by Gasteiger charge is 2.30. The second-order valence-electron chi connectivity index (χ2n) is 6.23. The number of anilines is 1. The quantitative estimate of drug-likeness (QED) is 0.648. The van der Waals surface area contributed by atoms with Gasteiger partial charge in [-0.05, 0) is 28.1 Å². The first-order chi connectivity index (χ1) is 12.7. The number of fused-ring (bicyclic) bond motifs is 2. The molecule has 0 bridgehead atoms. The zero-order valence-electron chi connectivity index (χ0n) is 14.7. The number of hydrogen-bond acceptors (Lipinski definition) is 3. The molecule has 0 unspecified atom stereocenters. The summed E-state index contributed by atoms with van der Waals surface area (Å²) in [4.78, 5) is 2.02. The molecular weight excluding hydrogens is 392 g/mol. The molecule has 0 saturated carbocycles. The van der Waals surface area contributed by atoms with Gasteiger partial charge < -0.3 is 14.4 Å². The van der Waals surface area contributed by atoms with Gasteiger partial charge >= 0.3 is 0 Å². The number of amidine groups is 1. The largest absolute Gasteiger partial charge is 0.496 e. The minimum absolute atomic E-state index is 0.501. The fourth-order valence-corrected chi connectivity index (χ4v) is 4.22. The van der Waals surface area contributed by atoms with Crippen LogP contribution >= 0.6 is 15.9 Å². The number of nitrogens with zero attached hydrogens (tertiary/aromatic N) is 1. The highest BCUT2D eigenvalue weighted by atomic mass is 79.9. The molecule has 5 heteroatoms. The molecule has 4 rings (SSSR count). The van der Waals surface area contributed by atoms with Gasteiger partial charge in [-0.2, -0.15) is 0 Å². The number of nitrogens with one attached hydrogen (secondary N) is 1. The van der Waals surface area contributed by atoms with Crippen molar-refractivity contribution < 1.29 is 9.47 Å². The molecule has 0 fully saturated rings. The van der Waals surface area contributed by atoms with E-state index in [9.17, 15) is 0 Å². The van der Waals surface area contributed by atoms with E-state index in [0.717, 1.165) is 43.6 Å². The van der Waals surface area contributed by atoms with Crippen molar-refractivity contribution in [3.63, 3.8) is 0 Å². The third kappa shape index (κ3) is 2.54. The Balaban J connectivity index is 1.95. The molecule has 0 spiro atoms. The molecule has 1 aliphatic heterocycles. The van der Waals surface area contributed by atoms with Crippen LogP contribution in [0.1, 0.15) is 11.1 Å². The Morgan fingerprint density at radius 2 is 1.46 bits per heavy atom. The van der Waals surface area contributed by atoms with E-state index in [1.165, 1.54) is 0 Å². The minimum atomic E-state index is 0.501. The minimum Gasteiger partial charge on any atom is -0.496 e. The van der Waals surface area contributed by atoms with Crippen molar-refractivity contribution >= 4 is 38.2 Å². The van der Waals surface area contributed by atoms with Crippen LogP contribution in [-0.4, -0.2) is 20.1 Å². The lowest BCUT2D eigenvalue weighted by Crippen LogP contribution is -2.36. The standard InChI is InChI=1S/C21H19BrN2O2/c1-25-20-13-7-3-4-8-14(13)21(26-2)16-12-24(19(23)11-15(16)20)18-10-6-5-9-17(18)22/h3-10,23H,11-12H2,1-2H3. The van der Waals surface area contributed by atoms with Gasteiger partial charge in [0.2, 0.25) is 0 Å². The molecule has 132 valence electrons. The molecule has 26 heavy (non-hydrogen) atoms. The van der Waals surface area contributed by atoms with Crippen LogP contribution in [0.15, 0.2) is 53.0 Å². The summed E-state index contributed by atoms with van der Waals surface area (Å²) in [6.07, 6.45) is 0.501. The lowest BCUT2D eigenvalue weighted by Gasteiger charge is -2.34. The number of methoxy groups -OCH3 is 2. The van der Waals surface area contributed by atoms with Gasteiger partial charge in [0.1, 0.15) is 17.3 Å². The molecular formula is C21H19BrN2O2. The summed E-state index contributed by atoms with van der Waals surface area (Å²) in [5, 5.41) is 10.7. The first-order valence-corrected chi connectivity index (χ1v) is 9.19. The van der Waals surface area contributed by atoms with E-state index in [2.05, 4.69) is 22.0 Å². The summed E-state index contributed by atoms with van der Waals surface area (Å²) < 4.78 is 12.5. The Morgan fingerprint density at radius 1 is 0.885 bits per heavy atom. The van der Waals surface area contributed by atoms with Crippen LogP contribution in [0.2, 0.25) is 0 Å². The van der Waals surface area contributed by atoms with Gasteiger partial charge in [0.15, 0.2) is 0 Å². The molecule has 0 aliphatic carbocycles. The van der Waals surface area contributed by atoms with Crippen LogP contribution in [0.4, 0.5) is 5.69 Å². The van der Waals surface area contributed by atoms with Crippen LogP contribution in [0.25, 0.3) is 10.8 Å². The van der Waals surface area contributed by atoms with Gasteiger partial charge in [-0.15, -0.1) is 0 Å². The van der Waals surface area contributed by atoms with E-state index in [-0.39, 0.29) is 0 Å². The van der Waals surface area contributed by atoms with Crippen molar-refractivity contribution in [3.05, 3.63) is 64.1 Å². The molecule has 0 saturated heterocycles. The Labute approximate surface area is 161 Å². The molecule has 3 aromatic rings. The monoisotopic (exact) mass is 410 g/mol. The van der Waals surface area contributed by atoms with Crippen molar-refractivity contribution in [1.82, 2.24) is 0 Å². The highest BCUT2D eigenvalue weighted by molar-refractivity contribution is 9.10. The van der Waals surface area contributed by atoms with Crippen LogP contribution in [-0.2, 0) is 13.0 Å². The van der Waals surface area contributed by atoms with E-state index in [1.54, 1.807) is 14.2 Å². The average molecular weight is 411 g/mol. The fourth-order valence-electron chi connectivity index (χ4n) is 3.72. The Morgan fingerprint density at radius 3 is 2.08 bits per heavy atom. The number of para-hydroxylation sites is 1. The van der Waals surface area contributed by atoms with Crippen LogP contribution in [0, 0.1) is 5.41 Å². The molecule has 3 aromatic carbocycles. The van der Waals surface area contributed by atoms with E-state index in [0.29, 0.717) is 18.8 Å². The van der Waals surface area contributed by atoms with Gasteiger partial charge in [-0.25, -0.2) is 0 Å². The third-order valence-electron chi connectivity index (χ3n) is 4.87. The van der Waals surface area contributed by atoms with Crippen LogP contribution in [0.5, 0.6) is 11.5 Å². The maximum Gasteiger partial charge on any atom is 0.132 e. The summed E-state index contributed by atoms with van der Waals surface area (Å²) in [7, 11) is 3.40. The van der Waals surface area contributed by atoms with Crippen LogP contribution in [0.3, 0.4) is 0 Å². The molecule has 0 amide bonds. The second-order valence-corrected chi connectivity index (χ2v) is 7.08. The first-order valence-electron chi connectivity index (χ1n) is 8.39. The van der Waals surface area contributed by atoms with Gasteiger partial charge in [0.25, 0.3) is 0 Å². The summed E-state index contributed by atoms with van der Waals surface area (Å²) in [6.45, 7) is 0.571. The number of rotatable bonds is 3. The second kappa shape index (κ2) is 6.65. The van der Waals surface area contributed by atoms with Gasteiger partial charge in [-0.3, -0.25) is 5.41 Å². The van der Waals surface area contributed by atoms with Crippen molar-refractivity contribution in [1.29, 1.82) is 5.41 Å². The number of benzene rings is 3. The Kier molecular flexibility index (Phi) is 4.32.